The maximum absolute atomic E-state index is 13.3. The number of ether oxygens (including phenoxy) is 1. The van der Waals surface area contributed by atoms with Crippen LogP contribution in [-0.2, 0) is 4.74 Å². The zero-order valence-corrected chi connectivity index (χ0v) is 17.6. The molecule has 0 bridgehead atoms. The molecule has 142 valence electrons. The molecule has 2 rings (SSSR count). The quantitative estimate of drug-likeness (QED) is 0.386. The summed E-state index contributed by atoms with van der Waals surface area (Å²) in [6.45, 7) is 8.20. The Bertz CT molecular complexity index is 520. The molecular formula is C18H30FIN4O. The molecule has 0 spiro atoms. The fraction of sp³-hybridized carbons (Fsp3) is 0.611. The molecular weight excluding hydrogens is 434 g/mol. The Labute approximate surface area is 167 Å². The molecule has 1 heterocycles. The van der Waals surface area contributed by atoms with E-state index in [4.69, 9.17) is 4.74 Å². The van der Waals surface area contributed by atoms with Gasteiger partial charge in [-0.15, -0.1) is 24.0 Å². The van der Waals surface area contributed by atoms with Gasteiger partial charge >= 0.3 is 0 Å². The molecule has 2 N–H and O–H groups in total. The van der Waals surface area contributed by atoms with Crippen LogP contribution in [0.1, 0.15) is 31.9 Å². The van der Waals surface area contributed by atoms with Crippen LogP contribution in [0.15, 0.2) is 29.3 Å². The van der Waals surface area contributed by atoms with E-state index in [0.717, 1.165) is 44.2 Å². The Balaban J connectivity index is 0.00000312. The van der Waals surface area contributed by atoms with E-state index in [1.54, 1.807) is 7.05 Å². The Morgan fingerprint density at radius 2 is 1.92 bits per heavy atom. The number of hydrogen-bond donors (Lipinski definition) is 2. The van der Waals surface area contributed by atoms with Gasteiger partial charge in [-0.25, -0.2) is 4.39 Å². The van der Waals surface area contributed by atoms with Crippen LogP contribution in [0.2, 0.25) is 0 Å². The standard InChI is InChI=1S/C18H29FN4O.HI/c1-4-14(2)22-18(20-3)21-13-17(23-9-11-24-12-10-23)15-5-7-16(19)8-6-15;/h5-8,14,17H,4,9-13H2,1-3H3,(H2,20,21,22);1H. The van der Waals surface area contributed by atoms with E-state index in [2.05, 4.69) is 34.4 Å². The zero-order chi connectivity index (χ0) is 17.4. The Morgan fingerprint density at radius 3 is 2.48 bits per heavy atom. The number of benzene rings is 1. The molecule has 5 nitrogen and oxygen atoms in total. The van der Waals surface area contributed by atoms with Crippen LogP contribution < -0.4 is 10.6 Å². The first-order valence-electron chi connectivity index (χ1n) is 8.68. The molecule has 0 aliphatic carbocycles. The van der Waals surface area contributed by atoms with Gasteiger partial charge in [0.05, 0.1) is 19.3 Å². The molecule has 7 heteroatoms. The predicted octanol–water partition coefficient (Wildman–Crippen LogP) is 2.78. The minimum absolute atomic E-state index is 0. The smallest absolute Gasteiger partial charge is 0.191 e. The second-order valence-electron chi connectivity index (χ2n) is 6.12. The Kier molecular flexibility index (Phi) is 10.3. The normalized spacial score (nSPS) is 18.2. The summed E-state index contributed by atoms with van der Waals surface area (Å²) >= 11 is 0. The first-order chi connectivity index (χ1) is 11.6. The first-order valence-corrected chi connectivity index (χ1v) is 8.68. The third kappa shape index (κ3) is 7.07. The van der Waals surface area contributed by atoms with Gasteiger partial charge in [0.25, 0.3) is 0 Å². The maximum Gasteiger partial charge on any atom is 0.191 e. The van der Waals surface area contributed by atoms with Crippen molar-refractivity contribution in [2.24, 2.45) is 4.99 Å². The van der Waals surface area contributed by atoms with Crippen LogP contribution >= 0.6 is 24.0 Å². The van der Waals surface area contributed by atoms with Crippen LogP contribution in [0.5, 0.6) is 0 Å². The SMILES string of the molecule is CCC(C)NC(=NC)NCC(c1ccc(F)cc1)N1CCOCC1.I. The van der Waals surface area contributed by atoms with Gasteiger partial charge in [-0.2, -0.15) is 0 Å². The van der Waals surface area contributed by atoms with Gasteiger partial charge in [0, 0.05) is 32.7 Å². The molecule has 2 unspecified atom stereocenters. The lowest BCUT2D eigenvalue weighted by molar-refractivity contribution is 0.0170. The van der Waals surface area contributed by atoms with Gasteiger partial charge in [-0.1, -0.05) is 19.1 Å². The number of rotatable bonds is 6. The fourth-order valence-electron chi connectivity index (χ4n) is 2.76. The highest BCUT2D eigenvalue weighted by atomic mass is 127. The summed E-state index contributed by atoms with van der Waals surface area (Å²) in [6.07, 6.45) is 1.03. The third-order valence-corrected chi connectivity index (χ3v) is 4.42. The molecule has 1 aromatic rings. The molecule has 2 atom stereocenters. The maximum atomic E-state index is 13.3. The summed E-state index contributed by atoms with van der Waals surface area (Å²) in [5, 5.41) is 6.78. The predicted molar refractivity (Wildman–Crippen MR) is 111 cm³/mol. The van der Waals surface area contributed by atoms with E-state index in [1.165, 1.54) is 12.1 Å². The van der Waals surface area contributed by atoms with E-state index < -0.39 is 0 Å². The molecule has 1 fully saturated rings. The van der Waals surface area contributed by atoms with Gasteiger partial charge in [0.15, 0.2) is 5.96 Å². The molecule has 1 saturated heterocycles. The third-order valence-electron chi connectivity index (χ3n) is 4.42. The van der Waals surface area contributed by atoms with Crippen molar-refractivity contribution in [1.82, 2.24) is 15.5 Å². The van der Waals surface area contributed by atoms with Crippen molar-refractivity contribution in [1.29, 1.82) is 0 Å². The summed E-state index contributed by atoms with van der Waals surface area (Å²) in [5.41, 5.74) is 1.10. The second-order valence-corrected chi connectivity index (χ2v) is 6.12. The van der Waals surface area contributed by atoms with E-state index in [0.29, 0.717) is 12.6 Å². The van der Waals surface area contributed by atoms with Crippen molar-refractivity contribution in [2.45, 2.75) is 32.4 Å². The molecule has 0 saturated carbocycles. The minimum atomic E-state index is -0.207. The van der Waals surface area contributed by atoms with Gasteiger partial charge in [0.2, 0.25) is 0 Å². The van der Waals surface area contributed by atoms with E-state index in [-0.39, 0.29) is 35.8 Å². The van der Waals surface area contributed by atoms with E-state index in [9.17, 15) is 4.39 Å². The topological polar surface area (TPSA) is 48.9 Å². The molecule has 1 aliphatic heterocycles. The lowest BCUT2D eigenvalue weighted by Crippen LogP contribution is -2.47. The number of nitrogens with zero attached hydrogens (tertiary/aromatic N) is 2. The molecule has 0 amide bonds. The number of hydrogen-bond acceptors (Lipinski definition) is 3. The summed E-state index contributed by atoms with van der Waals surface area (Å²) in [4.78, 5) is 6.67. The van der Waals surface area contributed by atoms with Gasteiger partial charge in [-0.05, 0) is 31.0 Å². The van der Waals surface area contributed by atoms with Crippen LogP contribution in [0.3, 0.4) is 0 Å². The zero-order valence-electron chi connectivity index (χ0n) is 15.3. The lowest BCUT2D eigenvalue weighted by atomic mass is 10.0. The average molecular weight is 464 g/mol. The van der Waals surface area contributed by atoms with Crippen molar-refractivity contribution < 1.29 is 9.13 Å². The molecule has 25 heavy (non-hydrogen) atoms. The summed E-state index contributed by atoms with van der Waals surface area (Å²) in [6, 6.07) is 7.29. The number of aliphatic imine (C=N–C) groups is 1. The summed E-state index contributed by atoms with van der Waals surface area (Å²) in [5.74, 6) is 0.589. The molecule has 0 aromatic heterocycles. The minimum Gasteiger partial charge on any atom is -0.379 e. The van der Waals surface area contributed by atoms with Gasteiger partial charge in [-0.3, -0.25) is 9.89 Å². The largest absolute Gasteiger partial charge is 0.379 e. The molecule has 1 aromatic carbocycles. The highest BCUT2D eigenvalue weighted by molar-refractivity contribution is 14.0. The number of guanidine groups is 1. The number of morpholine rings is 1. The highest BCUT2D eigenvalue weighted by Gasteiger charge is 2.23. The van der Waals surface area contributed by atoms with Gasteiger partial charge < -0.3 is 15.4 Å². The summed E-state index contributed by atoms with van der Waals surface area (Å²) < 4.78 is 18.7. The number of nitrogens with one attached hydrogen (secondary N) is 2. The van der Waals surface area contributed by atoms with Gasteiger partial charge in [0.1, 0.15) is 5.82 Å². The second kappa shape index (κ2) is 11.6. The highest BCUT2D eigenvalue weighted by Crippen LogP contribution is 2.21. The van der Waals surface area contributed by atoms with Crippen LogP contribution in [0.4, 0.5) is 4.39 Å². The molecule has 0 radical (unpaired) electrons. The fourth-order valence-corrected chi connectivity index (χ4v) is 2.76. The van der Waals surface area contributed by atoms with Crippen molar-refractivity contribution >= 4 is 29.9 Å². The van der Waals surface area contributed by atoms with Crippen LogP contribution in [0.25, 0.3) is 0 Å². The Hall–Kier alpha value is -0.930. The monoisotopic (exact) mass is 464 g/mol. The summed E-state index contributed by atoms with van der Waals surface area (Å²) in [7, 11) is 1.78. The van der Waals surface area contributed by atoms with Crippen molar-refractivity contribution in [3.63, 3.8) is 0 Å². The Morgan fingerprint density at radius 1 is 1.28 bits per heavy atom. The molecule has 1 aliphatic rings. The van der Waals surface area contributed by atoms with E-state index >= 15 is 0 Å². The number of halogens is 2. The average Bonchev–Trinajstić information content (AvgIpc) is 2.63. The van der Waals surface area contributed by atoms with E-state index in [1.807, 2.05) is 12.1 Å². The first kappa shape index (κ1) is 22.1. The van der Waals surface area contributed by atoms with Crippen LogP contribution in [-0.4, -0.2) is 56.8 Å². The van der Waals surface area contributed by atoms with Crippen molar-refractivity contribution in [3.05, 3.63) is 35.6 Å². The van der Waals surface area contributed by atoms with Crippen molar-refractivity contribution in [3.8, 4) is 0 Å². The van der Waals surface area contributed by atoms with Crippen molar-refractivity contribution in [2.75, 3.05) is 39.9 Å². The van der Waals surface area contributed by atoms with Crippen LogP contribution in [0, 0.1) is 5.82 Å². The lowest BCUT2D eigenvalue weighted by Gasteiger charge is -2.35.